The normalized spacial score (nSPS) is 25.4. The molecular weight excluding hydrogens is 466 g/mol. The smallest absolute Gasteiger partial charge is 0.321 e. The SMILES string of the molecule is C=CC(=O)N1CCN(c2nc(OC[C@@H]3CCCN3C)nc3c2CCC2(CCCc4ccccc42)O3)CC1. The average Bonchev–Trinajstić information content (AvgIpc) is 3.35. The lowest BCUT2D eigenvalue weighted by Gasteiger charge is -2.43. The van der Waals surface area contributed by atoms with E-state index in [9.17, 15) is 4.79 Å². The molecule has 1 aliphatic carbocycles. The zero-order chi connectivity index (χ0) is 25.4. The van der Waals surface area contributed by atoms with E-state index in [1.165, 1.54) is 23.6 Å². The number of rotatable bonds is 5. The highest BCUT2D eigenvalue weighted by molar-refractivity contribution is 5.87. The predicted molar refractivity (Wildman–Crippen MR) is 142 cm³/mol. The fraction of sp³-hybridized carbons (Fsp3) is 0.552. The summed E-state index contributed by atoms with van der Waals surface area (Å²) >= 11 is 0. The third-order valence-electron chi connectivity index (χ3n) is 8.67. The molecule has 1 aromatic carbocycles. The second kappa shape index (κ2) is 9.97. The lowest BCUT2D eigenvalue weighted by atomic mass is 9.75. The number of hydrogen-bond donors (Lipinski definition) is 0. The van der Waals surface area contributed by atoms with Crippen LogP contribution in [0.15, 0.2) is 36.9 Å². The number of aromatic nitrogens is 2. The summed E-state index contributed by atoms with van der Waals surface area (Å²) in [5.41, 5.74) is 3.40. The lowest BCUT2D eigenvalue weighted by molar-refractivity contribution is -0.126. The van der Waals surface area contributed by atoms with Crippen molar-refractivity contribution in [1.82, 2.24) is 19.8 Å². The van der Waals surface area contributed by atoms with Gasteiger partial charge in [0.15, 0.2) is 0 Å². The summed E-state index contributed by atoms with van der Waals surface area (Å²) in [6.45, 7) is 8.02. The Labute approximate surface area is 219 Å². The Morgan fingerprint density at radius 2 is 1.97 bits per heavy atom. The zero-order valence-corrected chi connectivity index (χ0v) is 21.8. The van der Waals surface area contributed by atoms with Crippen LogP contribution in [0.4, 0.5) is 5.82 Å². The number of amides is 1. The molecule has 2 atom stereocenters. The van der Waals surface area contributed by atoms with Gasteiger partial charge in [-0.15, -0.1) is 0 Å². The molecule has 2 fully saturated rings. The van der Waals surface area contributed by atoms with Crippen LogP contribution in [0.2, 0.25) is 0 Å². The van der Waals surface area contributed by atoms with Crippen molar-refractivity contribution in [2.45, 2.75) is 56.6 Å². The summed E-state index contributed by atoms with van der Waals surface area (Å²) in [7, 11) is 2.15. The van der Waals surface area contributed by atoms with Crippen LogP contribution < -0.4 is 14.4 Å². The summed E-state index contributed by atoms with van der Waals surface area (Å²) in [6, 6.07) is 9.47. The van der Waals surface area contributed by atoms with E-state index in [0.717, 1.165) is 56.5 Å². The first kappa shape index (κ1) is 24.2. The van der Waals surface area contributed by atoms with Crippen molar-refractivity contribution >= 4 is 11.7 Å². The number of benzene rings is 1. The standard InChI is InChI=1S/C29H37N5O3/c1-3-25(35)33-16-18-34(19-17-33)26-23-12-14-29(13-6-9-21-8-4-5-11-24(21)29)37-27(23)31-28(30-26)36-20-22-10-7-15-32(22)2/h3-5,8,11,22H,1,6-7,9-10,12-20H2,2H3/t22-,29?/m0/s1. The molecule has 8 heteroatoms. The molecule has 0 saturated carbocycles. The topological polar surface area (TPSA) is 71.0 Å². The average molecular weight is 504 g/mol. The first-order valence-corrected chi connectivity index (χ1v) is 13.7. The number of likely N-dealkylation sites (N-methyl/N-ethyl adjacent to an activating group) is 1. The quantitative estimate of drug-likeness (QED) is 0.580. The summed E-state index contributed by atoms with van der Waals surface area (Å²) in [4.78, 5) is 28.4. The Balaban J connectivity index is 1.31. The van der Waals surface area contributed by atoms with Gasteiger partial charge in [0.05, 0.1) is 5.56 Å². The minimum Gasteiger partial charge on any atom is -0.466 e. The van der Waals surface area contributed by atoms with Crippen LogP contribution in [0.25, 0.3) is 0 Å². The summed E-state index contributed by atoms with van der Waals surface area (Å²) in [6.07, 6.45) is 8.69. The number of likely N-dealkylation sites (tertiary alicyclic amines) is 1. The van der Waals surface area contributed by atoms with E-state index >= 15 is 0 Å². The first-order chi connectivity index (χ1) is 18.1. The minimum absolute atomic E-state index is 0.0182. The monoisotopic (exact) mass is 503 g/mol. The number of hydrogen-bond acceptors (Lipinski definition) is 7. The maximum atomic E-state index is 12.1. The number of ether oxygens (including phenoxy) is 2. The van der Waals surface area contributed by atoms with Crippen LogP contribution in [0.5, 0.6) is 11.9 Å². The van der Waals surface area contributed by atoms with Crippen LogP contribution in [0.3, 0.4) is 0 Å². The minimum atomic E-state index is -0.342. The van der Waals surface area contributed by atoms with Gasteiger partial charge in [-0.25, -0.2) is 0 Å². The summed E-state index contributed by atoms with van der Waals surface area (Å²) < 4.78 is 13.1. The van der Waals surface area contributed by atoms with Gasteiger partial charge in [-0.2, -0.15) is 9.97 Å². The molecule has 196 valence electrons. The van der Waals surface area contributed by atoms with Gasteiger partial charge < -0.3 is 24.2 Å². The molecule has 4 aliphatic rings. The van der Waals surface area contributed by atoms with Gasteiger partial charge in [0.25, 0.3) is 0 Å². The molecule has 8 nitrogen and oxygen atoms in total. The molecule has 3 aliphatic heterocycles. The molecule has 1 aromatic heterocycles. The Morgan fingerprint density at radius 3 is 2.76 bits per heavy atom. The van der Waals surface area contributed by atoms with E-state index in [1.54, 1.807) is 0 Å². The van der Waals surface area contributed by atoms with Crippen molar-refractivity contribution < 1.29 is 14.3 Å². The van der Waals surface area contributed by atoms with Gasteiger partial charge in [0.1, 0.15) is 18.0 Å². The van der Waals surface area contributed by atoms with E-state index in [4.69, 9.17) is 19.4 Å². The molecule has 4 heterocycles. The van der Waals surface area contributed by atoms with E-state index in [0.29, 0.717) is 50.7 Å². The van der Waals surface area contributed by atoms with Gasteiger partial charge >= 0.3 is 6.01 Å². The maximum absolute atomic E-state index is 12.1. The zero-order valence-electron chi connectivity index (χ0n) is 21.8. The molecule has 2 saturated heterocycles. The van der Waals surface area contributed by atoms with Crippen LogP contribution in [-0.4, -0.2) is 78.1 Å². The van der Waals surface area contributed by atoms with Gasteiger partial charge in [0.2, 0.25) is 11.8 Å². The van der Waals surface area contributed by atoms with E-state index in [2.05, 4.69) is 47.7 Å². The lowest BCUT2D eigenvalue weighted by Crippen LogP contribution is -2.49. The third-order valence-corrected chi connectivity index (χ3v) is 8.67. The highest BCUT2D eigenvalue weighted by Crippen LogP contribution is 2.48. The van der Waals surface area contributed by atoms with Crippen molar-refractivity contribution in [3.05, 3.63) is 53.6 Å². The maximum Gasteiger partial charge on any atom is 0.321 e. The fourth-order valence-corrected chi connectivity index (χ4v) is 6.50. The van der Waals surface area contributed by atoms with Gasteiger partial charge in [-0.1, -0.05) is 30.8 Å². The second-order valence-corrected chi connectivity index (χ2v) is 10.8. The highest BCUT2D eigenvalue weighted by Gasteiger charge is 2.43. The van der Waals surface area contributed by atoms with Crippen molar-refractivity contribution in [2.75, 3.05) is 51.3 Å². The van der Waals surface area contributed by atoms with Gasteiger partial charge in [-0.05, 0) is 75.7 Å². The molecule has 2 aromatic rings. The van der Waals surface area contributed by atoms with Crippen molar-refractivity contribution in [3.8, 4) is 11.9 Å². The Kier molecular flexibility index (Phi) is 6.53. The Morgan fingerprint density at radius 1 is 1.14 bits per heavy atom. The second-order valence-electron chi connectivity index (χ2n) is 10.8. The number of fused-ring (bicyclic) bond motifs is 3. The Bertz CT molecular complexity index is 1180. The van der Waals surface area contributed by atoms with Crippen molar-refractivity contribution in [1.29, 1.82) is 0 Å². The van der Waals surface area contributed by atoms with E-state index < -0.39 is 0 Å². The number of anilines is 1. The summed E-state index contributed by atoms with van der Waals surface area (Å²) in [5, 5.41) is 0. The number of carbonyl (C=O) groups excluding carboxylic acids is 1. The van der Waals surface area contributed by atoms with E-state index in [1.807, 2.05) is 4.90 Å². The number of carbonyl (C=O) groups is 1. The molecule has 1 spiro atoms. The number of piperazine rings is 1. The van der Waals surface area contributed by atoms with E-state index in [-0.39, 0.29) is 11.5 Å². The van der Waals surface area contributed by atoms with Gasteiger partial charge in [0, 0.05) is 32.2 Å². The van der Waals surface area contributed by atoms with Gasteiger partial charge in [-0.3, -0.25) is 4.79 Å². The summed E-state index contributed by atoms with van der Waals surface area (Å²) in [5.74, 6) is 1.53. The number of nitrogens with zero attached hydrogens (tertiary/aromatic N) is 5. The van der Waals surface area contributed by atoms with Crippen LogP contribution >= 0.6 is 0 Å². The number of aryl methyl sites for hydroxylation is 1. The first-order valence-electron chi connectivity index (χ1n) is 13.7. The third kappa shape index (κ3) is 4.56. The predicted octanol–water partition coefficient (Wildman–Crippen LogP) is 3.34. The molecule has 0 bridgehead atoms. The highest BCUT2D eigenvalue weighted by atomic mass is 16.5. The van der Waals surface area contributed by atoms with Crippen molar-refractivity contribution in [2.24, 2.45) is 0 Å². The van der Waals surface area contributed by atoms with Crippen LogP contribution in [0, 0.1) is 0 Å². The van der Waals surface area contributed by atoms with Crippen LogP contribution in [-0.2, 0) is 23.2 Å². The molecule has 37 heavy (non-hydrogen) atoms. The van der Waals surface area contributed by atoms with Crippen molar-refractivity contribution in [3.63, 3.8) is 0 Å². The Hall–Kier alpha value is -3.13. The molecular formula is C29H37N5O3. The molecule has 0 radical (unpaired) electrons. The molecule has 1 unspecified atom stereocenters. The van der Waals surface area contributed by atoms with Crippen LogP contribution in [0.1, 0.15) is 48.8 Å². The fourth-order valence-electron chi connectivity index (χ4n) is 6.50. The molecule has 6 rings (SSSR count). The largest absolute Gasteiger partial charge is 0.466 e. The molecule has 0 N–H and O–H groups in total. The molecule has 1 amide bonds.